The van der Waals surface area contributed by atoms with Gasteiger partial charge in [-0.2, -0.15) is 0 Å². The molecule has 0 aliphatic carbocycles. The van der Waals surface area contributed by atoms with E-state index in [9.17, 15) is 13.2 Å². The van der Waals surface area contributed by atoms with Crippen LogP contribution >= 0.6 is 0 Å². The number of aromatic nitrogens is 1. The highest BCUT2D eigenvalue weighted by Gasteiger charge is 2.15. The first kappa shape index (κ1) is 23.1. The van der Waals surface area contributed by atoms with Gasteiger partial charge in [-0.1, -0.05) is 6.07 Å². The average Bonchev–Trinajstić information content (AvgIpc) is 2.78. The van der Waals surface area contributed by atoms with Crippen molar-refractivity contribution in [2.24, 2.45) is 0 Å². The molecular weight excluding hydrogens is 430 g/mol. The van der Waals surface area contributed by atoms with Crippen LogP contribution in [0.4, 0.5) is 5.69 Å². The van der Waals surface area contributed by atoms with Crippen molar-refractivity contribution < 1.29 is 22.7 Å². The summed E-state index contributed by atoms with van der Waals surface area (Å²) in [7, 11) is -3.81. The number of anilines is 1. The van der Waals surface area contributed by atoms with E-state index in [0.717, 1.165) is 5.56 Å². The van der Waals surface area contributed by atoms with E-state index < -0.39 is 10.0 Å². The first-order valence-corrected chi connectivity index (χ1v) is 11.6. The molecule has 2 aromatic carbocycles. The van der Waals surface area contributed by atoms with Crippen LogP contribution in [0.2, 0.25) is 0 Å². The smallest absolute Gasteiger partial charge is 0.261 e. The van der Waals surface area contributed by atoms with Gasteiger partial charge in [-0.3, -0.25) is 9.52 Å². The number of amides is 1. The summed E-state index contributed by atoms with van der Waals surface area (Å²) in [6.45, 7) is 5.00. The van der Waals surface area contributed by atoms with E-state index in [1.165, 1.54) is 18.2 Å². The Morgan fingerprint density at radius 1 is 0.969 bits per heavy atom. The molecule has 3 aromatic rings. The molecule has 0 aliphatic heterocycles. The van der Waals surface area contributed by atoms with Gasteiger partial charge in [-0.15, -0.1) is 0 Å². The Labute approximate surface area is 187 Å². The minimum Gasteiger partial charge on any atom is -0.494 e. The lowest BCUT2D eigenvalue weighted by atomic mass is 10.2. The molecule has 168 valence electrons. The van der Waals surface area contributed by atoms with Gasteiger partial charge in [0.1, 0.15) is 5.75 Å². The molecule has 0 atom stereocenters. The fraction of sp³-hybridized carbons (Fsp3) is 0.217. The zero-order valence-electron chi connectivity index (χ0n) is 17.9. The number of hydrogen-bond donors (Lipinski definition) is 2. The molecule has 1 aromatic heterocycles. The van der Waals surface area contributed by atoms with E-state index >= 15 is 0 Å². The molecule has 0 radical (unpaired) electrons. The molecule has 0 fully saturated rings. The number of ether oxygens (including phenoxy) is 2. The van der Waals surface area contributed by atoms with E-state index in [0.29, 0.717) is 30.4 Å². The van der Waals surface area contributed by atoms with Crippen LogP contribution < -0.4 is 19.5 Å². The number of pyridine rings is 1. The van der Waals surface area contributed by atoms with E-state index in [4.69, 9.17) is 9.47 Å². The van der Waals surface area contributed by atoms with Crippen molar-refractivity contribution in [3.05, 3.63) is 78.0 Å². The number of nitrogens with one attached hydrogen (secondary N) is 2. The Hall–Kier alpha value is -3.59. The lowest BCUT2D eigenvalue weighted by Crippen LogP contribution is -2.23. The molecule has 32 heavy (non-hydrogen) atoms. The second kappa shape index (κ2) is 10.6. The Kier molecular flexibility index (Phi) is 7.67. The van der Waals surface area contributed by atoms with Crippen molar-refractivity contribution >= 4 is 21.6 Å². The zero-order valence-corrected chi connectivity index (χ0v) is 18.7. The Morgan fingerprint density at radius 3 is 2.44 bits per heavy atom. The zero-order chi connectivity index (χ0) is 23.0. The van der Waals surface area contributed by atoms with Gasteiger partial charge in [-0.05, 0) is 67.9 Å². The fourth-order valence-electron chi connectivity index (χ4n) is 2.89. The van der Waals surface area contributed by atoms with Crippen LogP contribution in [-0.4, -0.2) is 32.5 Å². The topological polar surface area (TPSA) is 107 Å². The number of benzene rings is 2. The molecule has 8 nitrogen and oxygen atoms in total. The van der Waals surface area contributed by atoms with Crippen molar-refractivity contribution in [3.63, 3.8) is 0 Å². The van der Waals surface area contributed by atoms with Gasteiger partial charge in [0, 0.05) is 30.1 Å². The number of rotatable bonds is 10. The van der Waals surface area contributed by atoms with Gasteiger partial charge >= 0.3 is 0 Å². The van der Waals surface area contributed by atoms with Crippen LogP contribution in [0.1, 0.15) is 29.8 Å². The predicted molar refractivity (Wildman–Crippen MR) is 121 cm³/mol. The Morgan fingerprint density at radius 2 is 1.72 bits per heavy atom. The highest BCUT2D eigenvalue weighted by atomic mass is 32.2. The molecule has 0 unspecified atom stereocenters. The molecule has 0 spiro atoms. The summed E-state index contributed by atoms with van der Waals surface area (Å²) in [5, 5.41) is 2.81. The standard InChI is InChI=1S/C23H25N3O5S/c1-3-30-20-8-10-21(11-9-20)32(28,29)26-19-7-5-6-18(15-19)23(27)25-16-17-12-13-24-22(14-17)31-4-2/h5-15,26H,3-4,16H2,1-2H3,(H,25,27). The summed E-state index contributed by atoms with van der Waals surface area (Å²) in [5.74, 6) is 0.750. The maximum Gasteiger partial charge on any atom is 0.261 e. The highest BCUT2D eigenvalue weighted by molar-refractivity contribution is 7.92. The molecule has 1 heterocycles. The molecule has 0 aliphatic rings. The first-order chi connectivity index (χ1) is 15.4. The molecule has 9 heteroatoms. The van der Waals surface area contributed by atoms with E-state index in [1.807, 2.05) is 13.8 Å². The molecule has 1 amide bonds. The molecule has 2 N–H and O–H groups in total. The summed E-state index contributed by atoms with van der Waals surface area (Å²) in [6.07, 6.45) is 1.61. The summed E-state index contributed by atoms with van der Waals surface area (Å²) >= 11 is 0. The third-order valence-corrected chi connectivity index (χ3v) is 5.76. The number of nitrogens with zero attached hydrogens (tertiary/aromatic N) is 1. The van der Waals surface area contributed by atoms with Gasteiger partial charge in [0.25, 0.3) is 15.9 Å². The quantitative estimate of drug-likeness (QED) is 0.484. The minimum absolute atomic E-state index is 0.0959. The van der Waals surface area contributed by atoms with Crippen molar-refractivity contribution in [2.45, 2.75) is 25.3 Å². The Bertz CT molecular complexity index is 1160. The van der Waals surface area contributed by atoms with Crippen molar-refractivity contribution in [3.8, 4) is 11.6 Å². The van der Waals surface area contributed by atoms with Crippen molar-refractivity contribution in [2.75, 3.05) is 17.9 Å². The van der Waals surface area contributed by atoms with Crippen LogP contribution in [-0.2, 0) is 16.6 Å². The van der Waals surface area contributed by atoms with Crippen LogP contribution in [0.5, 0.6) is 11.6 Å². The maximum absolute atomic E-state index is 12.7. The lowest BCUT2D eigenvalue weighted by molar-refractivity contribution is 0.0951. The Balaban J connectivity index is 1.66. The molecule has 3 rings (SSSR count). The maximum atomic E-state index is 12.7. The van der Waals surface area contributed by atoms with E-state index in [2.05, 4.69) is 15.0 Å². The first-order valence-electron chi connectivity index (χ1n) is 10.1. The average molecular weight is 456 g/mol. The number of carbonyl (C=O) groups excluding carboxylic acids is 1. The summed E-state index contributed by atoms with van der Waals surface area (Å²) in [4.78, 5) is 16.8. The number of carbonyl (C=O) groups is 1. The fourth-order valence-corrected chi connectivity index (χ4v) is 3.94. The minimum atomic E-state index is -3.81. The van der Waals surface area contributed by atoms with Crippen LogP contribution in [0.15, 0.2) is 71.8 Å². The van der Waals surface area contributed by atoms with Crippen molar-refractivity contribution in [1.29, 1.82) is 0 Å². The van der Waals surface area contributed by atoms with E-state index in [-0.39, 0.29) is 23.0 Å². The largest absolute Gasteiger partial charge is 0.494 e. The second-order valence-electron chi connectivity index (χ2n) is 6.71. The predicted octanol–water partition coefficient (Wildman–Crippen LogP) is 3.61. The van der Waals surface area contributed by atoms with Gasteiger partial charge in [-0.25, -0.2) is 13.4 Å². The molecule has 0 saturated heterocycles. The summed E-state index contributed by atoms with van der Waals surface area (Å²) < 4.78 is 38.6. The third-order valence-electron chi connectivity index (χ3n) is 4.37. The van der Waals surface area contributed by atoms with Gasteiger partial charge in [0.15, 0.2) is 0 Å². The SMILES string of the molecule is CCOc1ccc(S(=O)(=O)Nc2cccc(C(=O)NCc3ccnc(OCC)c3)c2)cc1. The van der Waals surface area contributed by atoms with Crippen LogP contribution in [0.25, 0.3) is 0 Å². The monoisotopic (exact) mass is 455 g/mol. The second-order valence-corrected chi connectivity index (χ2v) is 8.39. The normalized spacial score (nSPS) is 10.9. The number of hydrogen-bond acceptors (Lipinski definition) is 6. The van der Waals surface area contributed by atoms with Crippen LogP contribution in [0, 0.1) is 0 Å². The third kappa shape index (κ3) is 6.21. The lowest BCUT2D eigenvalue weighted by Gasteiger charge is -2.11. The highest BCUT2D eigenvalue weighted by Crippen LogP contribution is 2.20. The van der Waals surface area contributed by atoms with Crippen LogP contribution in [0.3, 0.4) is 0 Å². The summed E-state index contributed by atoms with van der Waals surface area (Å²) in [5.41, 5.74) is 1.45. The number of sulfonamides is 1. The molecule has 0 bridgehead atoms. The van der Waals surface area contributed by atoms with Gasteiger partial charge in [0.05, 0.1) is 18.1 Å². The van der Waals surface area contributed by atoms with Gasteiger partial charge < -0.3 is 14.8 Å². The summed E-state index contributed by atoms with van der Waals surface area (Å²) in [6, 6.07) is 16.0. The van der Waals surface area contributed by atoms with E-state index in [1.54, 1.807) is 48.7 Å². The van der Waals surface area contributed by atoms with Crippen molar-refractivity contribution in [1.82, 2.24) is 10.3 Å². The molecule has 0 saturated carbocycles. The van der Waals surface area contributed by atoms with Gasteiger partial charge in [0.2, 0.25) is 5.88 Å². The molecular formula is C23H25N3O5S.